The number of allylic oxidation sites excluding steroid dienone is 1. The maximum Gasteiger partial charge on any atom is 0.0911 e. The maximum atomic E-state index is 8.52. The van der Waals surface area contributed by atoms with Crippen molar-refractivity contribution < 1.29 is 0 Å². The van der Waals surface area contributed by atoms with Crippen LogP contribution in [0.4, 0.5) is 0 Å². The van der Waals surface area contributed by atoms with Gasteiger partial charge in [0.1, 0.15) is 0 Å². The minimum absolute atomic E-state index is 0.762. The first-order valence-electron chi connectivity index (χ1n) is 4.72. The zero-order valence-corrected chi connectivity index (χ0v) is 7.29. The van der Waals surface area contributed by atoms with Gasteiger partial charge in [-0.1, -0.05) is 5.57 Å². The van der Waals surface area contributed by atoms with Crippen molar-refractivity contribution in [3.63, 3.8) is 0 Å². The van der Waals surface area contributed by atoms with Crippen molar-refractivity contribution in [2.45, 2.75) is 31.7 Å². The number of rotatable bonds is 0. The van der Waals surface area contributed by atoms with Crippen LogP contribution in [0.2, 0.25) is 0 Å². The molecule has 2 heteroatoms. The van der Waals surface area contributed by atoms with Crippen LogP contribution in [-0.4, -0.2) is 24.0 Å². The molecule has 2 heterocycles. The van der Waals surface area contributed by atoms with Gasteiger partial charge in [-0.25, -0.2) is 0 Å². The predicted molar refractivity (Wildman–Crippen MR) is 47.5 cm³/mol. The molecule has 0 aromatic rings. The molecule has 2 saturated heterocycles. The zero-order chi connectivity index (χ0) is 8.39. The van der Waals surface area contributed by atoms with Gasteiger partial charge < -0.3 is 0 Å². The fraction of sp³-hybridized carbons (Fsp3) is 0.700. The molecule has 2 aliphatic rings. The summed E-state index contributed by atoms with van der Waals surface area (Å²) in [5.74, 6) is 0. The van der Waals surface area contributed by atoms with Crippen LogP contribution in [0.25, 0.3) is 0 Å². The van der Waals surface area contributed by atoms with E-state index in [1.54, 1.807) is 6.08 Å². The highest BCUT2D eigenvalue weighted by Crippen LogP contribution is 2.29. The molecule has 12 heavy (non-hydrogen) atoms. The van der Waals surface area contributed by atoms with Gasteiger partial charge >= 0.3 is 0 Å². The van der Waals surface area contributed by atoms with Crippen molar-refractivity contribution in [3.8, 4) is 6.07 Å². The minimum Gasteiger partial charge on any atom is -0.300 e. The van der Waals surface area contributed by atoms with Gasteiger partial charge in [0, 0.05) is 18.7 Å². The summed E-state index contributed by atoms with van der Waals surface area (Å²) < 4.78 is 0. The average Bonchev–Trinajstić information content (AvgIpc) is 2.51. The van der Waals surface area contributed by atoms with Gasteiger partial charge in [0.15, 0.2) is 0 Å². The second kappa shape index (κ2) is 3.28. The Morgan fingerprint density at radius 2 is 2.42 bits per heavy atom. The summed E-state index contributed by atoms with van der Waals surface area (Å²) in [7, 11) is 0. The molecular weight excluding hydrogens is 148 g/mol. The molecule has 64 valence electrons. The van der Waals surface area contributed by atoms with Crippen LogP contribution in [0.3, 0.4) is 0 Å². The lowest BCUT2D eigenvalue weighted by Gasteiger charge is -2.30. The largest absolute Gasteiger partial charge is 0.300 e. The van der Waals surface area contributed by atoms with Crippen LogP contribution in [0, 0.1) is 11.3 Å². The molecular formula is C10H14N2. The van der Waals surface area contributed by atoms with E-state index in [0.717, 1.165) is 18.9 Å². The lowest BCUT2D eigenvalue weighted by atomic mass is 9.97. The molecule has 0 saturated carbocycles. The third-order valence-electron chi connectivity index (χ3n) is 2.99. The lowest BCUT2D eigenvalue weighted by molar-refractivity contribution is 0.228. The van der Waals surface area contributed by atoms with E-state index in [2.05, 4.69) is 11.0 Å². The molecule has 0 aromatic heterocycles. The molecule has 2 aliphatic heterocycles. The van der Waals surface area contributed by atoms with Crippen LogP contribution in [0.15, 0.2) is 11.6 Å². The summed E-state index contributed by atoms with van der Waals surface area (Å²) in [5, 5.41) is 8.52. The maximum absolute atomic E-state index is 8.52. The molecule has 1 unspecified atom stereocenters. The Bertz CT molecular complexity index is 237. The summed E-state index contributed by atoms with van der Waals surface area (Å²) in [5.41, 5.74) is 1.36. The normalized spacial score (nSPS) is 33.2. The van der Waals surface area contributed by atoms with Gasteiger partial charge in [0.05, 0.1) is 6.07 Å². The first kappa shape index (κ1) is 7.82. The molecule has 0 amide bonds. The number of piperidine rings is 1. The molecule has 2 nitrogen and oxygen atoms in total. The van der Waals surface area contributed by atoms with Crippen LogP contribution in [-0.2, 0) is 0 Å². The molecule has 0 spiro atoms. The molecule has 2 rings (SSSR count). The predicted octanol–water partition coefficient (Wildman–Crippen LogP) is 1.69. The molecule has 2 fully saturated rings. The van der Waals surface area contributed by atoms with Crippen molar-refractivity contribution in [2.75, 3.05) is 13.1 Å². The van der Waals surface area contributed by atoms with E-state index in [1.165, 1.54) is 31.5 Å². The summed E-state index contributed by atoms with van der Waals surface area (Å²) in [6.07, 6.45) is 6.69. The summed E-state index contributed by atoms with van der Waals surface area (Å²) in [6, 6.07) is 2.90. The van der Waals surface area contributed by atoms with E-state index in [4.69, 9.17) is 5.26 Å². The monoisotopic (exact) mass is 162 g/mol. The summed E-state index contributed by atoms with van der Waals surface area (Å²) in [4.78, 5) is 2.56. The van der Waals surface area contributed by atoms with Crippen LogP contribution < -0.4 is 0 Å². The van der Waals surface area contributed by atoms with Crippen LogP contribution >= 0.6 is 0 Å². The van der Waals surface area contributed by atoms with E-state index < -0.39 is 0 Å². The van der Waals surface area contributed by atoms with E-state index in [-0.39, 0.29) is 0 Å². The van der Waals surface area contributed by atoms with Gasteiger partial charge in [-0.15, -0.1) is 0 Å². The molecule has 0 bridgehead atoms. The lowest BCUT2D eigenvalue weighted by Crippen LogP contribution is -2.34. The van der Waals surface area contributed by atoms with Gasteiger partial charge in [-0.3, -0.25) is 4.90 Å². The Kier molecular flexibility index (Phi) is 2.14. The molecule has 0 radical (unpaired) electrons. The standard InChI is InChI=1S/C10H14N2/c11-5-3-9-4-7-12-6-1-2-10(12)8-9/h3,10H,1-2,4,6-8H2/b9-3-. The van der Waals surface area contributed by atoms with Crippen molar-refractivity contribution >= 4 is 0 Å². The molecule has 1 atom stereocenters. The Hall–Kier alpha value is -0.810. The number of hydrogen-bond acceptors (Lipinski definition) is 2. The fourth-order valence-electron chi connectivity index (χ4n) is 2.33. The van der Waals surface area contributed by atoms with E-state index in [1.807, 2.05) is 0 Å². The van der Waals surface area contributed by atoms with E-state index in [9.17, 15) is 0 Å². The molecule has 0 aliphatic carbocycles. The van der Waals surface area contributed by atoms with Gasteiger partial charge in [-0.05, 0) is 32.2 Å². The highest BCUT2D eigenvalue weighted by atomic mass is 15.2. The Morgan fingerprint density at radius 1 is 1.50 bits per heavy atom. The molecule has 0 N–H and O–H groups in total. The number of nitrogens with zero attached hydrogens (tertiary/aromatic N) is 2. The van der Waals surface area contributed by atoms with Crippen molar-refractivity contribution in [1.82, 2.24) is 4.90 Å². The highest BCUT2D eigenvalue weighted by molar-refractivity contribution is 5.17. The third kappa shape index (κ3) is 1.37. The first-order chi connectivity index (χ1) is 5.90. The Morgan fingerprint density at radius 3 is 3.25 bits per heavy atom. The number of fused-ring (bicyclic) bond motifs is 1. The van der Waals surface area contributed by atoms with E-state index in [0.29, 0.717) is 0 Å². The van der Waals surface area contributed by atoms with Crippen molar-refractivity contribution in [1.29, 1.82) is 5.26 Å². The smallest absolute Gasteiger partial charge is 0.0911 e. The average molecular weight is 162 g/mol. The second-order valence-electron chi connectivity index (χ2n) is 3.72. The SMILES string of the molecule is N#C/C=C1/CCN2CCCC2C1. The van der Waals surface area contributed by atoms with Crippen LogP contribution in [0.1, 0.15) is 25.7 Å². The van der Waals surface area contributed by atoms with E-state index >= 15 is 0 Å². The summed E-state index contributed by atoms with van der Waals surface area (Å²) in [6.45, 7) is 2.46. The van der Waals surface area contributed by atoms with Crippen LogP contribution in [0.5, 0.6) is 0 Å². The number of nitriles is 1. The van der Waals surface area contributed by atoms with Gasteiger partial charge in [-0.2, -0.15) is 5.26 Å². The second-order valence-corrected chi connectivity index (χ2v) is 3.72. The summed E-state index contributed by atoms with van der Waals surface area (Å²) >= 11 is 0. The first-order valence-corrected chi connectivity index (χ1v) is 4.72. The molecule has 0 aromatic carbocycles. The van der Waals surface area contributed by atoms with Crippen molar-refractivity contribution in [3.05, 3.63) is 11.6 Å². The van der Waals surface area contributed by atoms with Crippen molar-refractivity contribution in [2.24, 2.45) is 0 Å². The quantitative estimate of drug-likeness (QED) is 0.507. The Labute approximate surface area is 73.5 Å². The minimum atomic E-state index is 0.762. The Balaban J connectivity index is 2.02. The number of hydrogen-bond donors (Lipinski definition) is 0. The topological polar surface area (TPSA) is 27.0 Å². The van der Waals surface area contributed by atoms with Gasteiger partial charge in [0.2, 0.25) is 0 Å². The van der Waals surface area contributed by atoms with Gasteiger partial charge in [0.25, 0.3) is 0 Å². The fourth-order valence-corrected chi connectivity index (χ4v) is 2.33. The third-order valence-corrected chi connectivity index (χ3v) is 2.99. The zero-order valence-electron chi connectivity index (χ0n) is 7.29. The highest BCUT2D eigenvalue weighted by Gasteiger charge is 2.28.